The molecule has 138 valence electrons. The van der Waals surface area contributed by atoms with E-state index in [4.69, 9.17) is 9.53 Å². The predicted octanol–water partition coefficient (Wildman–Crippen LogP) is 5.82. The number of rotatable bonds is 16. The molecule has 0 aromatic carbocycles. The van der Waals surface area contributed by atoms with Crippen molar-refractivity contribution in [1.82, 2.24) is 0 Å². The summed E-state index contributed by atoms with van der Waals surface area (Å²) in [6, 6.07) is 3.41. The summed E-state index contributed by atoms with van der Waals surface area (Å²) in [5.41, 5.74) is 0. The van der Waals surface area contributed by atoms with Gasteiger partial charge in [0.15, 0.2) is 0 Å². The molecule has 0 saturated heterocycles. The first-order valence-corrected chi connectivity index (χ1v) is 12.5. The molecule has 1 N–H and O–H groups in total. The van der Waals surface area contributed by atoms with E-state index in [1.54, 1.807) is 0 Å². The molecule has 0 aliphatic rings. The van der Waals surface area contributed by atoms with Gasteiger partial charge in [0.2, 0.25) is 0 Å². The quantitative estimate of drug-likeness (QED) is 0.283. The van der Waals surface area contributed by atoms with Crippen molar-refractivity contribution in [3.05, 3.63) is 0 Å². The van der Waals surface area contributed by atoms with Crippen LogP contribution >= 0.6 is 0 Å². The van der Waals surface area contributed by atoms with Gasteiger partial charge in [-0.2, -0.15) is 0 Å². The molecular weight excluding hydrogens is 304 g/mol. The average Bonchev–Trinajstić information content (AvgIpc) is 2.53. The van der Waals surface area contributed by atoms with E-state index in [1.165, 1.54) is 57.8 Å². The van der Waals surface area contributed by atoms with Crippen LogP contribution < -0.4 is 0 Å². The van der Waals surface area contributed by atoms with Crippen molar-refractivity contribution in [2.24, 2.45) is 0 Å². The second-order valence-electron chi connectivity index (χ2n) is 6.86. The lowest BCUT2D eigenvalue weighted by Crippen LogP contribution is -2.40. The van der Waals surface area contributed by atoms with Crippen molar-refractivity contribution in [2.75, 3.05) is 6.61 Å². The first-order valence-electron chi connectivity index (χ1n) is 9.96. The molecule has 0 atom stereocenters. The van der Waals surface area contributed by atoms with E-state index in [9.17, 15) is 4.79 Å². The Bertz CT molecular complexity index is 255. The number of aliphatic hydroxyl groups excluding tert-OH is 1. The molecule has 0 heterocycles. The molecule has 0 aromatic heterocycles. The Morgan fingerprint density at radius 2 is 1.22 bits per heavy atom. The zero-order chi connectivity index (χ0) is 17.4. The van der Waals surface area contributed by atoms with Crippen molar-refractivity contribution >= 4 is 14.3 Å². The molecule has 0 radical (unpaired) electrons. The van der Waals surface area contributed by atoms with Gasteiger partial charge in [0.1, 0.15) is 0 Å². The fourth-order valence-corrected chi connectivity index (χ4v) is 7.46. The van der Waals surface area contributed by atoms with Crippen molar-refractivity contribution in [3.8, 4) is 0 Å². The zero-order valence-corrected chi connectivity index (χ0v) is 16.9. The van der Waals surface area contributed by atoms with Crippen molar-refractivity contribution in [1.29, 1.82) is 0 Å². The molecule has 0 aromatic rings. The minimum absolute atomic E-state index is 0.0600. The number of hydrogen-bond donors (Lipinski definition) is 1. The molecule has 0 aliphatic heterocycles. The third kappa shape index (κ3) is 11.8. The van der Waals surface area contributed by atoms with Gasteiger partial charge < -0.3 is 9.53 Å². The van der Waals surface area contributed by atoms with Gasteiger partial charge in [-0.05, 0) is 24.6 Å². The summed E-state index contributed by atoms with van der Waals surface area (Å²) in [5, 5.41) is 8.94. The summed E-state index contributed by atoms with van der Waals surface area (Å²) in [6.45, 7) is 6.76. The minimum atomic E-state index is -1.95. The fourth-order valence-electron chi connectivity index (χ4n) is 3.14. The maximum absolute atomic E-state index is 12.2. The molecule has 0 unspecified atom stereocenters. The first-order chi connectivity index (χ1) is 11.1. The number of carbonyl (C=O) groups excluding carboxylic acids is 1. The van der Waals surface area contributed by atoms with Crippen molar-refractivity contribution < 1.29 is 14.3 Å². The molecule has 0 bridgehead atoms. The molecule has 0 aliphatic carbocycles. The van der Waals surface area contributed by atoms with E-state index < -0.39 is 8.32 Å². The third-order valence-corrected chi connectivity index (χ3v) is 9.03. The summed E-state index contributed by atoms with van der Waals surface area (Å²) in [4.78, 5) is 12.2. The van der Waals surface area contributed by atoms with Gasteiger partial charge >= 0.3 is 0 Å². The molecule has 0 rings (SSSR count). The van der Waals surface area contributed by atoms with E-state index in [-0.39, 0.29) is 12.6 Å². The van der Waals surface area contributed by atoms with Crippen LogP contribution in [0.1, 0.15) is 91.4 Å². The second-order valence-corrected chi connectivity index (χ2v) is 10.9. The lowest BCUT2D eigenvalue weighted by molar-refractivity contribution is -0.135. The monoisotopic (exact) mass is 344 g/mol. The lowest BCUT2D eigenvalue weighted by atomic mass is 10.3. The van der Waals surface area contributed by atoms with Crippen LogP contribution in [0.15, 0.2) is 0 Å². The van der Waals surface area contributed by atoms with Crippen LogP contribution in [-0.2, 0) is 9.22 Å². The lowest BCUT2D eigenvalue weighted by Gasteiger charge is -2.31. The second kappa shape index (κ2) is 15.2. The highest BCUT2D eigenvalue weighted by molar-refractivity contribution is 6.75. The zero-order valence-electron chi connectivity index (χ0n) is 15.9. The molecule has 0 saturated carbocycles. The molecule has 4 heteroatoms. The third-order valence-electron chi connectivity index (χ3n) is 4.58. The summed E-state index contributed by atoms with van der Waals surface area (Å²) in [6.07, 6.45) is 11.9. The van der Waals surface area contributed by atoms with Gasteiger partial charge in [-0.15, -0.1) is 0 Å². The molecule has 0 spiro atoms. The Labute approximate surface area is 145 Å². The highest BCUT2D eigenvalue weighted by atomic mass is 28.4. The Hall–Kier alpha value is -0.353. The number of carbonyl (C=O) groups is 1. The minimum Gasteiger partial charge on any atom is -0.519 e. The molecular formula is C19H40O3Si. The van der Waals surface area contributed by atoms with Crippen LogP contribution in [0, 0.1) is 0 Å². The number of unbranched alkanes of at least 4 members (excludes halogenated alkanes) is 6. The van der Waals surface area contributed by atoms with E-state index in [1.807, 2.05) is 0 Å². The van der Waals surface area contributed by atoms with E-state index in [0.717, 1.165) is 18.1 Å². The van der Waals surface area contributed by atoms with Gasteiger partial charge in [-0.1, -0.05) is 78.6 Å². The smallest absolute Gasteiger partial charge is 0.292 e. The molecule has 0 amide bonds. The molecule has 0 fully saturated rings. The summed E-state index contributed by atoms with van der Waals surface area (Å²) in [7, 11) is -1.95. The first kappa shape index (κ1) is 22.6. The topological polar surface area (TPSA) is 46.5 Å². The summed E-state index contributed by atoms with van der Waals surface area (Å²) in [5.74, 6) is -0.0600. The van der Waals surface area contributed by atoms with Crippen molar-refractivity contribution in [3.63, 3.8) is 0 Å². The largest absolute Gasteiger partial charge is 0.519 e. The Kier molecular flexibility index (Phi) is 15.0. The number of hydrogen-bond acceptors (Lipinski definition) is 3. The standard InChI is InChI=1S/C19H40O3Si/c1-4-7-10-16-23(17-11-8-5-2,18-12-9-6-3)22-19(21)14-13-15-20/h20H,4-18H2,1-3H3. The van der Waals surface area contributed by atoms with Crippen LogP contribution in [0.25, 0.3) is 0 Å². The van der Waals surface area contributed by atoms with E-state index in [0.29, 0.717) is 12.8 Å². The predicted molar refractivity (Wildman–Crippen MR) is 101 cm³/mol. The maximum Gasteiger partial charge on any atom is 0.292 e. The van der Waals surface area contributed by atoms with Gasteiger partial charge in [-0.25, -0.2) is 0 Å². The summed E-state index contributed by atoms with van der Waals surface area (Å²) < 4.78 is 6.17. The van der Waals surface area contributed by atoms with Gasteiger partial charge in [0, 0.05) is 13.0 Å². The van der Waals surface area contributed by atoms with E-state index >= 15 is 0 Å². The van der Waals surface area contributed by atoms with Crippen LogP contribution in [0.5, 0.6) is 0 Å². The van der Waals surface area contributed by atoms with Crippen LogP contribution in [0.3, 0.4) is 0 Å². The van der Waals surface area contributed by atoms with Gasteiger partial charge in [-0.3, -0.25) is 4.79 Å². The Morgan fingerprint density at radius 3 is 1.57 bits per heavy atom. The van der Waals surface area contributed by atoms with Crippen LogP contribution in [0.2, 0.25) is 18.1 Å². The summed E-state index contributed by atoms with van der Waals surface area (Å²) >= 11 is 0. The van der Waals surface area contributed by atoms with Gasteiger partial charge in [0.05, 0.1) is 0 Å². The normalized spacial score (nSPS) is 11.7. The molecule has 3 nitrogen and oxygen atoms in total. The highest BCUT2D eigenvalue weighted by Crippen LogP contribution is 2.31. The Morgan fingerprint density at radius 1 is 0.783 bits per heavy atom. The number of aliphatic hydroxyl groups is 1. The fraction of sp³-hybridized carbons (Fsp3) is 0.947. The Balaban J connectivity index is 4.81. The maximum atomic E-state index is 12.2. The van der Waals surface area contributed by atoms with Crippen LogP contribution in [0.4, 0.5) is 0 Å². The van der Waals surface area contributed by atoms with E-state index in [2.05, 4.69) is 20.8 Å². The SMILES string of the molecule is CCCCC[Si](CCCCC)(CCCCC)OC(=O)CCCO. The van der Waals surface area contributed by atoms with Gasteiger partial charge in [0.25, 0.3) is 14.3 Å². The van der Waals surface area contributed by atoms with Crippen molar-refractivity contribution in [2.45, 2.75) is 110 Å². The van der Waals surface area contributed by atoms with Crippen LogP contribution in [-0.4, -0.2) is 26.0 Å². The molecule has 23 heavy (non-hydrogen) atoms. The highest BCUT2D eigenvalue weighted by Gasteiger charge is 2.36. The average molecular weight is 345 g/mol.